The molecule has 0 amide bonds. The normalized spacial score (nSPS) is 21.3. The number of nitrogens with one attached hydrogen (secondary N) is 1. The van der Waals surface area contributed by atoms with E-state index in [1.807, 2.05) is 14.0 Å². The average Bonchev–Trinajstić information content (AvgIpc) is 3.40. The molecule has 1 heterocycles. The molecule has 1 aliphatic carbocycles. The first kappa shape index (κ1) is 22.5. The molecule has 25 heavy (non-hydrogen) atoms. The lowest BCUT2D eigenvalue weighted by atomic mass is 9.98. The molecule has 2 rings (SSSR count). The molecule has 0 spiro atoms. The van der Waals surface area contributed by atoms with Crippen LogP contribution in [0.5, 0.6) is 0 Å². The number of nitrogens with zero attached hydrogens (tertiary/aromatic N) is 3. The number of hydrogen-bond donors (Lipinski definition) is 1. The van der Waals surface area contributed by atoms with E-state index >= 15 is 0 Å². The molecule has 1 unspecified atom stereocenters. The van der Waals surface area contributed by atoms with Crippen molar-refractivity contribution < 1.29 is 9.53 Å². The minimum atomic E-state index is -0.0719. The van der Waals surface area contributed by atoms with E-state index < -0.39 is 0 Å². The Morgan fingerprint density at radius 3 is 2.64 bits per heavy atom. The summed E-state index contributed by atoms with van der Waals surface area (Å²) < 4.78 is 5.18. The lowest BCUT2D eigenvalue weighted by molar-refractivity contribution is -0.149. The summed E-state index contributed by atoms with van der Waals surface area (Å²) in [5.41, 5.74) is 0. The van der Waals surface area contributed by atoms with Gasteiger partial charge in [0.15, 0.2) is 5.96 Å². The molecule has 0 radical (unpaired) electrons. The van der Waals surface area contributed by atoms with Gasteiger partial charge in [0, 0.05) is 45.3 Å². The van der Waals surface area contributed by atoms with Crippen molar-refractivity contribution in [3.05, 3.63) is 0 Å². The van der Waals surface area contributed by atoms with E-state index in [4.69, 9.17) is 4.74 Å². The highest BCUT2D eigenvalue weighted by Crippen LogP contribution is 2.28. The third kappa shape index (κ3) is 6.92. The van der Waals surface area contributed by atoms with E-state index in [9.17, 15) is 4.79 Å². The van der Waals surface area contributed by atoms with Crippen LogP contribution in [0, 0.1) is 5.92 Å². The number of likely N-dealkylation sites (tertiary alicyclic amines) is 1. The maximum Gasteiger partial charge on any atom is 0.310 e. The number of guanidine groups is 1. The summed E-state index contributed by atoms with van der Waals surface area (Å²) in [6.45, 7) is 10.4. The van der Waals surface area contributed by atoms with Crippen molar-refractivity contribution in [1.29, 1.82) is 0 Å². The number of carbonyl (C=O) groups is 1. The quantitative estimate of drug-likeness (QED) is 0.270. The fraction of sp³-hybridized carbons (Fsp3) is 0.889. The van der Waals surface area contributed by atoms with Gasteiger partial charge in [0.05, 0.1) is 12.5 Å². The Bertz CT molecular complexity index is 439. The van der Waals surface area contributed by atoms with Gasteiger partial charge in [-0.3, -0.25) is 14.7 Å². The van der Waals surface area contributed by atoms with Crippen LogP contribution in [0.1, 0.15) is 46.5 Å². The number of aliphatic imine (C=N–C) groups is 1. The van der Waals surface area contributed by atoms with Gasteiger partial charge in [0.25, 0.3) is 0 Å². The van der Waals surface area contributed by atoms with Gasteiger partial charge in [-0.15, -0.1) is 24.0 Å². The Morgan fingerprint density at radius 2 is 2.08 bits per heavy atom. The number of piperidine rings is 1. The van der Waals surface area contributed by atoms with E-state index in [1.165, 1.54) is 12.8 Å². The van der Waals surface area contributed by atoms with E-state index in [-0.39, 0.29) is 35.9 Å². The van der Waals surface area contributed by atoms with Crippen molar-refractivity contribution in [2.75, 3.05) is 39.8 Å². The van der Waals surface area contributed by atoms with Crippen molar-refractivity contribution in [3.8, 4) is 0 Å². The van der Waals surface area contributed by atoms with E-state index in [0.29, 0.717) is 19.2 Å². The molecule has 7 heteroatoms. The number of ether oxygens (including phenoxy) is 1. The average molecular weight is 466 g/mol. The third-order valence-electron chi connectivity index (χ3n) is 4.88. The van der Waals surface area contributed by atoms with Crippen LogP contribution in [-0.2, 0) is 9.53 Å². The standard InChI is InChI=1S/C18H34N4O2.HI/c1-5-24-17(23)15-7-6-11-21(13-15)18(19-4)20-10-12-22(14(2)3)16-8-9-16;/h14-16H,5-13H2,1-4H3,(H,19,20);1H. The zero-order valence-electron chi connectivity index (χ0n) is 16.2. The molecule has 2 aliphatic rings. The van der Waals surface area contributed by atoms with Crippen LogP contribution in [0.2, 0.25) is 0 Å². The molecule has 1 saturated carbocycles. The predicted molar refractivity (Wildman–Crippen MR) is 113 cm³/mol. The molecular formula is C18H35IN4O2. The van der Waals surface area contributed by atoms with Gasteiger partial charge in [-0.25, -0.2) is 0 Å². The molecule has 0 aromatic rings. The first-order valence-electron chi connectivity index (χ1n) is 9.44. The molecule has 1 atom stereocenters. The lowest BCUT2D eigenvalue weighted by Crippen LogP contribution is -2.50. The molecular weight excluding hydrogens is 431 g/mol. The van der Waals surface area contributed by atoms with Crippen molar-refractivity contribution in [2.24, 2.45) is 10.9 Å². The van der Waals surface area contributed by atoms with Crippen LogP contribution in [0.3, 0.4) is 0 Å². The second-order valence-electron chi connectivity index (χ2n) is 7.07. The van der Waals surface area contributed by atoms with Gasteiger partial charge in [-0.05, 0) is 46.5 Å². The van der Waals surface area contributed by atoms with Gasteiger partial charge in [0.1, 0.15) is 0 Å². The molecule has 6 nitrogen and oxygen atoms in total. The lowest BCUT2D eigenvalue weighted by Gasteiger charge is -2.34. The number of rotatable bonds is 7. The molecule has 2 fully saturated rings. The third-order valence-corrected chi connectivity index (χ3v) is 4.88. The first-order valence-corrected chi connectivity index (χ1v) is 9.44. The summed E-state index contributed by atoms with van der Waals surface area (Å²) in [5, 5.41) is 3.48. The maximum atomic E-state index is 12.0. The fourth-order valence-corrected chi connectivity index (χ4v) is 3.52. The van der Waals surface area contributed by atoms with Crippen molar-refractivity contribution in [3.63, 3.8) is 0 Å². The van der Waals surface area contributed by atoms with Crippen LogP contribution in [-0.4, -0.2) is 73.6 Å². The number of hydrogen-bond acceptors (Lipinski definition) is 4. The number of halogens is 1. The van der Waals surface area contributed by atoms with Crippen LogP contribution in [0.15, 0.2) is 4.99 Å². The zero-order valence-corrected chi connectivity index (χ0v) is 18.5. The Labute approximate surface area is 169 Å². The summed E-state index contributed by atoms with van der Waals surface area (Å²) in [4.78, 5) is 21.2. The Hall–Kier alpha value is -0.570. The fourth-order valence-electron chi connectivity index (χ4n) is 3.52. The van der Waals surface area contributed by atoms with Crippen LogP contribution in [0.4, 0.5) is 0 Å². The Balaban J connectivity index is 0.00000312. The van der Waals surface area contributed by atoms with Gasteiger partial charge in [0.2, 0.25) is 0 Å². The number of esters is 1. The molecule has 0 aromatic carbocycles. The topological polar surface area (TPSA) is 57.2 Å². The van der Waals surface area contributed by atoms with Crippen molar-refractivity contribution >= 4 is 35.9 Å². The Morgan fingerprint density at radius 1 is 1.36 bits per heavy atom. The van der Waals surface area contributed by atoms with E-state index in [0.717, 1.165) is 44.5 Å². The number of carbonyl (C=O) groups excluding carboxylic acids is 1. The predicted octanol–water partition coefficient (Wildman–Crippen LogP) is 2.33. The van der Waals surface area contributed by atoms with Crippen LogP contribution in [0.25, 0.3) is 0 Å². The highest BCUT2D eigenvalue weighted by molar-refractivity contribution is 14.0. The van der Waals surface area contributed by atoms with Crippen molar-refractivity contribution in [1.82, 2.24) is 15.1 Å². The largest absolute Gasteiger partial charge is 0.466 e. The highest BCUT2D eigenvalue weighted by atomic mass is 127. The van der Waals surface area contributed by atoms with Gasteiger partial charge in [-0.1, -0.05) is 0 Å². The molecule has 1 saturated heterocycles. The summed E-state index contributed by atoms with van der Waals surface area (Å²) in [5.74, 6) is 0.803. The minimum absolute atomic E-state index is 0. The van der Waals surface area contributed by atoms with Crippen molar-refractivity contribution in [2.45, 2.75) is 58.5 Å². The molecule has 0 bridgehead atoms. The monoisotopic (exact) mass is 466 g/mol. The summed E-state index contributed by atoms with van der Waals surface area (Å²) in [6, 6.07) is 1.36. The Kier molecular flexibility index (Phi) is 10.1. The molecule has 1 aliphatic heterocycles. The highest BCUT2D eigenvalue weighted by Gasteiger charge is 2.31. The van der Waals surface area contributed by atoms with E-state index in [1.54, 1.807) is 0 Å². The molecule has 146 valence electrons. The van der Waals surface area contributed by atoms with E-state index in [2.05, 4.69) is 34.0 Å². The van der Waals surface area contributed by atoms with Gasteiger partial charge >= 0.3 is 5.97 Å². The molecule has 0 aromatic heterocycles. The smallest absolute Gasteiger partial charge is 0.310 e. The zero-order chi connectivity index (χ0) is 17.5. The first-order chi connectivity index (χ1) is 11.6. The van der Waals surface area contributed by atoms with Crippen LogP contribution < -0.4 is 5.32 Å². The van der Waals surface area contributed by atoms with Crippen LogP contribution >= 0.6 is 24.0 Å². The maximum absolute atomic E-state index is 12.0. The second kappa shape index (κ2) is 11.2. The minimum Gasteiger partial charge on any atom is -0.466 e. The summed E-state index contributed by atoms with van der Waals surface area (Å²) in [7, 11) is 1.82. The van der Waals surface area contributed by atoms with Gasteiger partial charge in [-0.2, -0.15) is 0 Å². The summed E-state index contributed by atoms with van der Waals surface area (Å²) in [6.07, 6.45) is 4.58. The van der Waals surface area contributed by atoms with Gasteiger partial charge < -0.3 is 15.0 Å². The second-order valence-corrected chi connectivity index (χ2v) is 7.07. The SMILES string of the molecule is CCOC(=O)C1CCCN(C(=NC)NCCN(C(C)C)C2CC2)C1.I. The molecule has 1 N–H and O–H groups in total. The summed E-state index contributed by atoms with van der Waals surface area (Å²) >= 11 is 0.